The van der Waals surface area contributed by atoms with E-state index in [-0.39, 0.29) is 11.7 Å². The molecule has 0 unspecified atom stereocenters. The molecule has 10 heteroatoms. The monoisotopic (exact) mass is 424 g/mol. The average molecular weight is 425 g/mol. The fourth-order valence-electron chi connectivity index (χ4n) is 3.03. The molecule has 0 atom stereocenters. The normalized spacial score (nSPS) is 16.0. The first-order valence-corrected chi connectivity index (χ1v) is 11.2. The van der Waals surface area contributed by atoms with Crippen LogP contribution < -0.4 is 9.80 Å². The van der Waals surface area contributed by atoms with Crippen molar-refractivity contribution in [3.05, 3.63) is 22.1 Å². The third-order valence-corrected chi connectivity index (χ3v) is 6.24. The average Bonchev–Trinajstić information content (AvgIpc) is 3.50. The molecule has 0 bridgehead atoms. The number of aromatic nitrogens is 2. The lowest BCUT2D eigenvalue weighted by Crippen LogP contribution is -2.17. The molecular weight excluding hydrogens is 400 g/mol. The summed E-state index contributed by atoms with van der Waals surface area (Å²) in [7, 11) is 0. The quantitative estimate of drug-likeness (QED) is 0.730. The molecule has 2 aromatic heterocycles. The summed E-state index contributed by atoms with van der Waals surface area (Å²) in [6, 6.07) is 0. The minimum absolute atomic E-state index is 0.159. The lowest BCUT2D eigenvalue weighted by molar-refractivity contribution is 0.0520. The molecular formula is C18H24N4O4S2. The van der Waals surface area contributed by atoms with Crippen LogP contribution in [0.15, 0.2) is 10.8 Å². The minimum Gasteiger partial charge on any atom is -0.476 e. The van der Waals surface area contributed by atoms with Gasteiger partial charge in [0.05, 0.1) is 6.61 Å². The summed E-state index contributed by atoms with van der Waals surface area (Å²) in [4.78, 5) is 34.6. The smallest absolute Gasteiger partial charge is 0.357 e. The molecule has 0 aliphatic carbocycles. The third-order valence-electron chi connectivity index (χ3n) is 4.44. The van der Waals surface area contributed by atoms with Crippen molar-refractivity contribution in [3.8, 4) is 0 Å². The van der Waals surface area contributed by atoms with Crippen LogP contribution in [0.3, 0.4) is 0 Å². The van der Waals surface area contributed by atoms with Crippen LogP contribution >= 0.6 is 22.7 Å². The highest BCUT2D eigenvalue weighted by Crippen LogP contribution is 2.25. The maximum atomic E-state index is 11.4. The Balaban J connectivity index is 0.000000162. The molecule has 2 saturated heterocycles. The van der Waals surface area contributed by atoms with Gasteiger partial charge in [-0.25, -0.2) is 19.6 Å². The lowest BCUT2D eigenvalue weighted by atomic mass is 10.4. The number of carboxylic acids is 1. The maximum absolute atomic E-state index is 11.4. The molecule has 152 valence electrons. The molecule has 0 spiro atoms. The Morgan fingerprint density at radius 2 is 1.43 bits per heavy atom. The summed E-state index contributed by atoms with van der Waals surface area (Å²) in [6.45, 7) is 6.31. The van der Waals surface area contributed by atoms with Crippen LogP contribution in [0.4, 0.5) is 10.3 Å². The predicted molar refractivity (Wildman–Crippen MR) is 110 cm³/mol. The summed E-state index contributed by atoms with van der Waals surface area (Å²) in [5.74, 6) is -1.26. The summed E-state index contributed by atoms with van der Waals surface area (Å²) in [5.41, 5.74) is 0.593. The number of hydrogen-bond acceptors (Lipinski definition) is 9. The van der Waals surface area contributed by atoms with Gasteiger partial charge in [0.1, 0.15) is 0 Å². The van der Waals surface area contributed by atoms with Crippen molar-refractivity contribution < 1.29 is 19.4 Å². The Labute approximate surface area is 171 Å². The minimum atomic E-state index is -0.943. The second-order valence-corrected chi connectivity index (χ2v) is 8.12. The second kappa shape index (κ2) is 9.83. The molecule has 2 fully saturated rings. The van der Waals surface area contributed by atoms with E-state index in [0.29, 0.717) is 12.3 Å². The first kappa shape index (κ1) is 20.5. The Hall–Kier alpha value is -2.20. The molecule has 2 aromatic rings. The zero-order valence-electron chi connectivity index (χ0n) is 15.8. The van der Waals surface area contributed by atoms with Crippen LogP contribution in [0.2, 0.25) is 0 Å². The fraction of sp³-hybridized carbons (Fsp3) is 0.556. The van der Waals surface area contributed by atoms with Crippen molar-refractivity contribution in [2.75, 3.05) is 42.6 Å². The number of rotatable bonds is 5. The van der Waals surface area contributed by atoms with E-state index >= 15 is 0 Å². The highest BCUT2D eigenvalue weighted by atomic mass is 32.1. The summed E-state index contributed by atoms with van der Waals surface area (Å²) in [5, 5.41) is 13.8. The number of aromatic carboxylic acids is 1. The molecule has 4 heterocycles. The van der Waals surface area contributed by atoms with Crippen molar-refractivity contribution in [1.29, 1.82) is 0 Å². The lowest BCUT2D eigenvalue weighted by Gasteiger charge is -2.11. The zero-order chi connectivity index (χ0) is 19.9. The van der Waals surface area contributed by atoms with Crippen molar-refractivity contribution >= 4 is 44.9 Å². The van der Waals surface area contributed by atoms with E-state index in [9.17, 15) is 9.59 Å². The second-order valence-electron chi connectivity index (χ2n) is 6.44. The third kappa shape index (κ3) is 5.20. The van der Waals surface area contributed by atoms with Gasteiger partial charge in [-0.05, 0) is 32.6 Å². The molecule has 8 nitrogen and oxygen atoms in total. The number of carbonyl (C=O) groups is 2. The van der Waals surface area contributed by atoms with Crippen molar-refractivity contribution in [3.63, 3.8) is 0 Å². The molecule has 4 rings (SSSR count). The van der Waals surface area contributed by atoms with Gasteiger partial charge in [0.15, 0.2) is 21.7 Å². The number of anilines is 2. The molecule has 0 saturated carbocycles. The van der Waals surface area contributed by atoms with E-state index in [2.05, 4.69) is 19.8 Å². The van der Waals surface area contributed by atoms with Gasteiger partial charge in [0.2, 0.25) is 0 Å². The molecule has 0 amide bonds. The van der Waals surface area contributed by atoms with Gasteiger partial charge in [0.25, 0.3) is 0 Å². The molecule has 0 radical (unpaired) electrons. The zero-order valence-corrected chi connectivity index (χ0v) is 17.4. The van der Waals surface area contributed by atoms with Gasteiger partial charge in [-0.3, -0.25) is 0 Å². The molecule has 0 aromatic carbocycles. The van der Waals surface area contributed by atoms with E-state index in [1.807, 2.05) is 0 Å². The highest BCUT2D eigenvalue weighted by Gasteiger charge is 2.19. The Kier molecular flexibility index (Phi) is 7.21. The van der Waals surface area contributed by atoms with Crippen molar-refractivity contribution in [1.82, 2.24) is 9.97 Å². The maximum Gasteiger partial charge on any atom is 0.357 e. The van der Waals surface area contributed by atoms with Gasteiger partial charge in [-0.1, -0.05) is 0 Å². The molecule has 2 aliphatic heterocycles. The summed E-state index contributed by atoms with van der Waals surface area (Å²) in [6.07, 6.45) is 4.80. The van der Waals surface area contributed by atoms with Crippen LogP contribution in [0, 0.1) is 0 Å². The van der Waals surface area contributed by atoms with Gasteiger partial charge in [-0.2, -0.15) is 0 Å². The number of ether oxygens (including phenoxy) is 1. The summed E-state index contributed by atoms with van der Waals surface area (Å²) >= 11 is 2.92. The predicted octanol–water partition coefficient (Wildman–Crippen LogP) is 3.36. The standard InChI is InChI=1S/C10H14N2O2S.C8H10N2O2S/c1-2-14-9(13)8-7-15-10(11-8)12-5-3-4-6-12;11-7(12)6-5-13-8(9-6)10-3-1-2-4-10/h7H,2-6H2,1H3;5H,1-4H2,(H,11,12). The fourth-order valence-corrected chi connectivity index (χ4v) is 4.73. The SMILES string of the molecule is CCOC(=O)c1csc(N2CCCC2)n1.O=C(O)c1csc(N2CCCC2)n1. The van der Waals surface area contributed by atoms with Crippen LogP contribution in [0.5, 0.6) is 0 Å². The number of carboxylic acid groups (broad SMARTS) is 1. The van der Waals surface area contributed by atoms with Gasteiger partial charge >= 0.3 is 11.9 Å². The first-order chi connectivity index (χ1) is 13.6. The largest absolute Gasteiger partial charge is 0.476 e. The highest BCUT2D eigenvalue weighted by molar-refractivity contribution is 7.14. The van der Waals surface area contributed by atoms with E-state index in [1.54, 1.807) is 17.7 Å². The molecule has 1 N–H and O–H groups in total. The van der Waals surface area contributed by atoms with Crippen LogP contribution in [0.1, 0.15) is 53.6 Å². The first-order valence-electron chi connectivity index (χ1n) is 9.40. The van der Waals surface area contributed by atoms with Gasteiger partial charge in [-0.15, -0.1) is 22.7 Å². The Morgan fingerprint density at radius 3 is 1.86 bits per heavy atom. The number of esters is 1. The van der Waals surface area contributed by atoms with Gasteiger partial charge < -0.3 is 19.6 Å². The molecule has 2 aliphatic rings. The number of hydrogen-bond donors (Lipinski definition) is 1. The Morgan fingerprint density at radius 1 is 0.964 bits per heavy atom. The van der Waals surface area contributed by atoms with Crippen molar-refractivity contribution in [2.24, 2.45) is 0 Å². The van der Waals surface area contributed by atoms with E-state index in [0.717, 1.165) is 36.4 Å². The molecule has 28 heavy (non-hydrogen) atoms. The summed E-state index contributed by atoms with van der Waals surface area (Å²) < 4.78 is 4.89. The topological polar surface area (TPSA) is 95.9 Å². The number of nitrogens with zero attached hydrogens (tertiary/aromatic N) is 4. The van der Waals surface area contributed by atoms with Crippen LogP contribution in [-0.4, -0.2) is 59.8 Å². The van der Waals surface area contributed by atoms with E-state index < -0.39 is 5.97 Å². The van der Waals surface area contributed by atoms with E-state index in [1.165, 1.54) is 48.4 Å². The number of thiazole rings is 2. The van der Waals surface area contributed by atoms with Crippen LogP contribution in [-0.2, 0) is 4.74 Å². The van der Waals surface area contributed by atoms with Gasteiger partial charge in [0, 0.05) is 36.9 Å². The van der Waals surface area contributed by atoms with Crippen molar-refractivity contribution in [2.45, 2.75) is 32.6 Å². The van der Waals surface area contributed by atoms with Crippen LogP contribution in [0.25, 0.3) is 0 Å². The Bertz CT molecular complexity index is 795. The number of carbonyl (C=O) groups excluding carboxylic acids is 1. The van der Waals surface area contributed by atoms with E-state index in [4.69, 9.17) is 9.84 Å².